The fourth-order valence-electron chi connectivity index (χ4n) is 2.93. The van der Waals surface area contributed by atoms with E-state index < -0.39 is 0 Å². The number of hydrogen-bond acceptors (Lipinski definition) is 4. The molecule has 0 aromatic heterocycles. The molecule has 0 aliphatic carbocycles. The van der Waals surface area contributed by atoms with Crippen LogP contribution >= 0.6 is 40.7 Å². The lowest BCUT2D eigenvalue weighted by Gasteiger charge is -2.35. The Morgan fingerprint density at radius 1 is 1.30 bits per heavy atom. The minimum Gasteiger partial charge on any atom is -0.504 e. The van der Waals surface area contributed by atoms with Gasteiger partial charge in [-0.25, -0.2) is 0 Å². The minimum atomic E-state index is 0. The summed E-state index contributed by atoms with van der Waals surface area (Å²) in [5.74, 6) is 0.816. The zero-order valence-corrected chi connectivity index (χ0v) is 16.9. The number of methoxy groups -OCH3 is 1. The van der Waals surface area contributed by atoms with Crippen molar-refractivity contribution in [1.29, 1.82) is 0 Å². The van der Waals surface area contributed by atoms with Gasteiger partial charge in [0.15, 0.2) is 11.5 Å². The Morgan fingerprint density at radius 2 is 1.96 bits per heavy atom. The molecule has 1 fully saturated rings. The second-order valence-corrected chi connectivity index (χ2v) is 6.41. The van der Waals surface area contributed by atoms with Gasteiger partial charge in [-0.05, 0) is 18.6 Å². The zero-order valence-electron chi connectivity index (χ0n) is 13.7. The minimum absolute atomic E-state index is 0. The van der Waals surface area contributed by atoms with Crippen molar-refractivity contribution in [3.63, 3.8) is 0 Å². The Hall–Kier alpha value is -0.200. The molecule has 1 aromatic carbocycles. The average Bonchev–Trinajstić information content (AvgIpc) is 2.51. The number of halogens is 3. The first-order valence-corrected chi connectivity index (χ1v) is 8.47. The summed E-state index contributed by atoms with van der Waals surface area (Å²) in [4.78, 5) is 2.47. The number of rotatable bonds is 6. The third-order valence-corrected chi connectivity index (χ3v) is 4.53. The van der Waals surface area contributed by atoms with Gasteiger partial charge in [-0.2, -0.15) is 0 Å². The summed E-state index contributed by atoms with van der Waals surface area (Å²) < 4.78 is 6.25. The van der Waals surface area contributed by atoms with Crippen LogP contribution in [0.25, 0.3) is 0 Å². The van der Waals surface area contributed by atoms with E-state index in [4.69, 9.17) is 4.74 Å². The molecule has 0 saturated carbocycles. The van der Waals surface area contributed by atoms with Gasteiger partial charge in [0, 0.05) is 42.3 Å². The fourth-order valence-corrected chi connectivity index (χ4v) is 3.38. The molecular weight excluding hydrogens is 403 g/mol. The van der Waals surface area contributed by atoms with Crippen LogP contribution in [-0.2, 0) is 0 Å². The number of phenols is 1. The van der Waals surface area contributed by atoms with Crippen LogP contribution < -0.4 is 10.1 Å². The molecule has 7 heteroatoms. The van der Waals surface area contributed by atoms with Crippen LogP contribution in [0.5, 0.6) is 11.5 Å². The average molecular weight is 430 g/mol. The largest absolute Gasteiger partial charge is 0.504 e. The van der Waals surface area contributed by atoms with E-state index in [1.165, 1.54) is 0 Å². The number of ether oxygens (including phenoxy) is 1. The molecule has 2 N–H and O–H groups in total. The van der Waals surface area contributed by atoms with E-state index in [-0.39, 0.29) is 36.6 Å². The molecule has 1 heterocycles. The van der Waals surface area contributed by atoms with Crippen LogP contribution in [0.1, 0.15) is 37.8 Å². The second-order valence-electron chi connectivity index (χ2n) is 5.49. The summed E-state index contributed by atoms with van der Waals surface area (Å²) in [6.45, 7) is 6.25. The molecule has 1 saturated heterocycles. The van der Waals surface area contributed by atoms with Crippen LogP contribution in [0.4, 0.5) is 0 Å². The van der Waals surface area contributed by atoms with E-state index in [1.807, 2.05) is 12.1 Å². The topological polar surface area (TPSA) is 44.7 Å². The molecule has 1 aliphatic heterocycles. The number of piperazine rings is 1. The summed E-state index contributed by atoms with van der Waals surface area (Å²) in [6.07, 6.45) is 3.38. The Morgan fingerprint density at radius 3 is 2.52 bits per heavy atom. The molecule has 134 valence electrons. The highest BCUT2D eigenvalue weighted by Crippen LogP contribution is 2.40. The first-order valence-electron chi connectivity index (χ1n) is 7.68. The molecule has 0 unspecified atom stereocenters. The van der Waals surface area contributed by atoms with E-state index in [9.17, 15) is 5.11 Å². The number of benzene rings is 1. The number of unbranched alkanes of at least 4 members (excludes halogenated alkanes) is 1. The number of phenolic OH excluding ortho intramolecular Hbond substituents is 1. The summed E-state index contributed by atoms with van der Waals surface area (Å²) in [5.41, 5.74) is 0.969. The number of nitrogens with one attached hydrogen (secondary N) is 1. The first kappa shape index (κ1) is 22.8. The van der Waals surface area contributed by atoms with Gasteiger partial charge in [-0.1, -0.05) is 35.7 Å². The van der Waals surface area contributed by atoms with Crippen molar-refractivity contribution in [1.82, 2.24) is 10.2 Å². The predicted octanol–water partition coefficient (Wildman–Crippen LogP) is 4.14. The Balaban J connectivity index is 0.00000242. The Labute approximate surface area is 159 Å². The highest BCUT2D eigenvalue weighted by molar-refractivity contribution is 9.10. The van der Waals surface area contributed by atoms with Gasteiger partial charge in [0.05, 0.1) is 7.11 Å². The quantitative estimate of drug-likeness (QED) is 0.712. The third kappa shape index (κ3) is 5.98. The maximum absolute atomic E-state index is 10.5. The molecule has 0 radical (unpaired) electrons. The lowest BCUT2D eigenvalue weighted by Crippen LogP contribution is -2.45. The van der Waals surface area contributed by atoms with Gasteiger partial charge < -0.3 is 15.2 Å². The number of nitrogens with zero attached hydrogens (tertiary/aromatic N) is 1. The third-order valence-electron chi connectivity index (χ3n) is 4.07. The van der Waals surface area contributed by atoms with E-state index >= 15 is 0 Å². The molecule has 0 amide bonds. The summed E-state index contributed by atoms with van der Waals surface area (Å²) in [5, 5.41) is 13.9. The van der Waals surface area contributed by atoms with E-state index in [0.29, 0.717) is 5.75 Å². The smallest absolute Gasteiger partial charge is 0.162 e. The summed E-state index contributed by atoms with van der Waals surface area (Å²) in [7, 11) is 1.59. The van der Waals surface area contributed by atoms with Gasteiger partial charge >= 0.3 is 0 Å². The van der Waals surface area contributed by atoms with Gasteiger partial charge in [-0.3, -0.25) is 4.90 Å². The summed E-state index contributed by atoms with van der Waals surface area (Å²) in [6, 6.07) is 4.09. The lowest BCUT2D eigenvalue weighted by atomic mass is 9.97. The van der Waals surface area contributed by atoms with Crippen molar-refractivity contribution < 1.29 is 9.84 Å². The number of hydrogen-bond donors (Lipinski definition) is 2. The van der Waals surface area contributed by atoms with Crippen molar-refractivity contribution in [3.05, 3.63) is 22.2 Å². The lowest BCUT2D eigenvalue weighted by molar-refractivity contribution is 0.160. The molecule has 1 aromatic rings. The highest BCUT2D eigenvalue weighted by Gasteiger charge is 2.25. The van der Waals surface area contributed by atoms with Crippen molar-refractivity contribution in [2.24, 2.45) is 0 Å². The van der Waals surface area contributed by atoms with Gasteiger partial charge in [-0.15, -0.1) is 24.8 Å². The van der Waals surface area contributed by atoms with Gasteiger partial charge in [0.25, 0.3) is 0 Å². The molecule has 1 atom stereocenters. The summed E-state index contributed by atoms with van der Waals surface area (Å²) >= 11 is 3.53. The van der Waals surface area contributed by atoms with Crippen LogP contribution in [-0.4, -0.2) is 43.3 Å². The van der Waals surface area contributed by atoms with Crippen molar-refractivity contribution >= 4 is 40.7 Å². The molecule has 0 bridgehead atoms. The van der Waals surface area contributed by atoms with Crippen molar-refractivity contribution in [3.8, 4) is 11.5 Å². The normalized spacial score (nSPS) is 16.1. The van der Waals surface area contributed by atoms with Gasteiger partial charge in [0.1, 0.15) is 0 Å². The van der Waals surface area contributed by atoms with Crippen LogP contribution in [0.3, 0.4) is 0 Å². The van der Waals surface area contributed by atoms with Gasteiger partial charge in [0.2, 0.25) is 0 Å². The first-order chi connectivity index (χ1) is 10.2. The van der Waals surface area contributed by atoms with Crippen LogP contribution in [0.2, 0.25) is 0 Å². The zero-order chi connectivity index (χ0) is 15.2. The van der Waals surface area contributed by atoms with E-state index in [1.54, 1.807) is 7.11 Å². The fraction of sp³-hybridized carbons (Fsp3) is 0.625. The Kier molecular flexibility index (Phi) is 11.3. The van der Waals surface area contributed by atoms with Crippen molar-refractivity contribution in [2.75, 3.05) is 33.3 Å². The molecule has 1 aliphatic rings. The monoisotopic (exact) mass is 428 g/mol. The maximum atomic E-state index is 10.5. The van der Waals surface area contributed by atoms with E-state index in [2.05, 4.69) is 33.1 Å². The second kappa shape index (κ2) is 11.4. The molecular formula is C16H27BrCl2N2O2. The molecule has 4 nitrogen and oxygen atoms in total. The SMILES string of the molecule is CCCC[C@H](c1cc(Br)cc(OC)c1O)N1CCNCC1.Cl.Cl. The molecule has 0 spiro atoms. The predicted molar refractivity (Wildman–Crippen MR) is 104 cm³/mol. The molecule has 23 heavy (non-hydrogen) atoms. The highest BCUT2D eigenvalue weighted by atomic mass is 79.9. The van der Waals surface area contributed by atoms with E-state index in [0.717, 1.165) is 55.5 Å². The Bertz CT molecular complexity index is 472. The van der Waals surface area contributed by atoms with Crippen molar-refractivity contribution in [2.45, 2.75) is 32.2 Å². The van der Waals surface area contributed by atoms with Crippen LogP contribution in [0, 0.1) is 0 Å². The van der Waals surface area contributed by atoms with Crippen LogP contribution in [0.15, 0.2) is 16.6 Å². The molecule has 2 rings (SSSR count). The standard InChI is InChI=1S/C16H25BrN2O2.2ClH/c1-3-4-5-14(19-8-6-18-7-9-19)13-10-12(17)11-15(21-2)16(13)20;;/h10-11,14,18,20H,3-9H2,1-2H3;2*1H/t14-;;/m1../s1. The maximum Gasteiger partial charge on any atom is 0.162 e. The number of aromatic hydroxyl groups is 1.